The molecule has 150 valence electrons. The van der Waals surface area contributed by atoms with Crippen molar-refractivity contribution in [1.29, 1.82) is 0 Å². The van der Waals surface area contributed by atoms with Crippen molar-refractivity contribution in [3.8, 4) is 11.5 Å². The van der Waals surface area contributed by atoms with Crippen molar-refractivity contribution in [2.45, 2.75) is 32.2 Å². The van der Waals surface area contributed by atoms with Crippen LogP contribution < -0.4 is 20.1 Å². The zero-order chi connectivity index (χ0) is 19.9. The lowest BCUT2D eigenvalue weighted by atomic mass is 9.81. The van der Waals surface area contributed by atoms with Crippen LogP contribution >= 0.6 is 0 Å². The first-order valence-corrected chi connectivity index (χ1v) is 9.43. The summed E-state index contributed by atoms with van der Waals surface area (Å²) in [7, 11) is 3.13. The molecule has 1 heterocycles. The Morgan fingerprint density at radius 3 is 2.29 bits per heavy atom. The predicted octanol–water partition coefficient (Wildman–Crippen LogP) is 3.36. The topological polar surface area (TPSA) is 89.8 Å². The van der Waals surface area contributed by atoms with Gasteiger partial charge in [-0.3, -0.25) is 9.59 Å². The summed E-state index contributed by atoms with van der Waals surface area (Å²) in [6.07, 6.45) is 4.38. The molecule has 0 saturated heterocycles. The van der Waals surface area contributed by atoms with Gasteiger partial charge in [0.15, 0.2) is 11.5 Å². The highest BCUT2D eigenvalue weighted by molar-refractivity contribution is 5.93. The molecule has 1 fully saturated rings. The molecule has 2 aromatic rings. The van der Waals surface area contributed by atoms with Crippen LogP contribution in [0.5, 0.6) is 11.5 Å². The largest absolute Gasteiger partial charge is 0.493 e. The highest BCUT2D eigenvalue weighted by Crippen LogP contribution is 2.32. The maximum Gasteiger partial charge on any atom is 0.227 e. The lowest BCUT2D eigenvalue weighted by Gasteiger charge is -2.27. The number of methoxy groups -OCH3 is 2. The average Bonchev–Trinajstić information content (AvgIpc) is 3.25. The van der Waals surface area contributed by atoms with Gasteiger partial charge in [0, 0.05) is 23.6 Å². The average molecular weight is 386 g/mol. The highest BCUT2D eigenvalue weighted by Gasteiger charge is 2.30. The number of carbonyl (C=O) groups is 2. The molecule has 2 N–H and O–H groups in total. The van der Waals surface area contributed by atoms with Gasteiger partial charge >= 0.3 is 0 Å². The maximum atomic E-state index is 12.6. The van der Waals surface area contributed by atoms with Crippen LogP contribution in [0.25, 0.3) is 0 Å². The van der Waals surface area contributed by atoms with E-state index in [1.807, 2.05) is 6.07 Å². The number of amides is 2. The van der Waals surface area contributed by atoms with E-state index in [1.54, 1.807) is 44.7 Å². The Kier molecular flexibility index (Phi) is 6.57. The number of hydrogen-bond acceptors (Lipinski definition) is 5. The summed E-state index contributed by atoms with van der Waals surface area (Å²) in [5.74, 6) is 1.76. The van der Waals surface area contributed by atoms with Gasteiger partial charge < -0.3 is 24.5 Å². The van der Waals surface area contributed by atoms with Crippen molar-refractivity contribution in [1.82, 2.24) is 5.32 Å². The summed E-state index contributed by atoms with van der Waals surface area (Å²) in [4.78, 5) is 24.9. The summed E-state index contributed by atoms with van der Waals surface area (Å²) < 4.78 is 15.7. The van der Waals surface area contributed by atoms with E-state index in [9.17, 15) is 9.59 Å². The van der Waals surface area contributed by atoms with Gasteiger partial charge in [-0.2, -0.15) is 0 Å². The monoisotopic (exact) mass is 386 g/mol. The zero-order valence-electron chi connectivity index (χ0n) is 16.2. The fourth-order valence-corrected chi connectivity index (χ4v) is 3.51. The van der Waals surface area contributed by atoms with Gasteiger partial charge in [-0.25, -0.2) is 0 Å². The molecular formula is C21H26N2O5. The van der Waals surface area contributed by atoms with Crippen LogP contribution in [0.15, 0.2) is 41.0 Å². The van der Waals surface area contributed by atoms with Gasteiger partial charge in [0.05, 0.1) is 27.0 Å². The Morgan fingerprint density at radius 2 is 1.68 bits per heavy atom. The van der Waals surface area contributed by atoms with E-state index < -0.39 is 0 Å². The van der Waals surface area contributed by atoms with E-state index in [0.29, 0.717) is 49.4 Å². The number of furan rings is 1. The number of carbonyl (C=O) groups excluding carboxylic acids is 2. The number of hydrogen-bond donors (Lipinski definition) is 2. The molecule has 3 rings (SSSR count). The molecule has 0 spiro atoms. The van der Waals surface area contributed by atoms with E-state index in [2.05, 4.69) is 10.6 Å². The minimum absolute atomic E-state index is 0.0233. The molecule has 1 aliphatic carbocycles. The van der Waals surface area contributed by atoms with Crippen molar-refractivity contribution >= 4 is 17.5 Å². The summed E-state index contributed by atoms with van der Waals surface area (Å²) in [6.45, 7) is 0.394. The first kappa shape index (κ1) is 19.8. The Labute approximate surface area is 164 Å². The molecule has 1 aromatic carbocycles. The Morgan fingerprint density at radius 1 is 1.00 bits per heavy atom. The van der Waals surface area contributed by atoms with Crippen LogP contribution in [0.3, 0.4) is 0 Å². The predicted molar refractivity (Wildman–Crippen MR) is 104 cm³/mol. The van der Waals surface area contributed by atoms with Gasteiger partial charge in [-0.05, 0) is 49.9 Å². The normalized spacial score (nSPS) is 18.9. The van der Waals surface area contributed by atoms with Gasteiger partial charge in [-0.1, -0.05) is 0 Å². The van der Waals surface area contributed by atoms with Crippen molar-refractivity contribution in [3.63, 3.8) is 0 Å². The molecule has 7 heteroatoms. The lowest BCUT2D eigenvalue weighted by molar-refractivity contribution is -0.128. The van der Waals surface area contributed by atoms with Gasteiger partial charge in [0.25, 0.3) is 0 Å². The number of rotatable bonds is 7. The Bertz CT molecular complexity index is 795. The molecule has 0 radical (unpaired) electrons. The number of benzene rings is 1. The molecule has 1 aromatic heterocycles. The van der Waals surface area contributed by atoms with Crippen LogP contribution in [0, 0.1) is 11.8 Å². The lowest BCUT2D eigenvalue weighted by Crippen LogP contribution is -2.35. The maximum absolute atomic E-state index is 12.6. The highest BCUT2D eigenvalue weighted by atomic mass is 16.5. The van der Waals surface area contributed by atoms with Crippen molar-refractivity contribution in [2.75, 3.05) is 19.5 Å². The first-order chi connectivity index (χ1) is 13.6. The first-order valence-electron chi connectivity index (χ1n) is 9.43. The van der Waals surface area contributed by atoms with Gasteiger partial charge in [0.1, 0.15) is 5.76 Å². The van der Waals surface area contributed by atoms with E-state index in [-0.39, 0.29) is 23.7 Å². The van der Waals surface area contributed by atoms with E-state index in [1.165, 1.54) is 0 Å². The number of anilines is 1. The van der Waals surface area contributed by atoms with Crippen molar-refractivity contribution < 1.29 is 23.5 Å². The van der Waals surface area contributed by atoms with E-state index >= 15 is 0 Å². The van der Waals surface area contributed by atoms with Crippen LogP contribution in [-0.2, 0) is 16.1 Å². The molecule has 0 bridgehead atoms. The third-order valence-corrected chi connectivity index (χ3v) is 5.14. The summed E-state index contributed by atoms with van der Waals surface area (Å²) >= 11 is 0. The van der Waals surface area contributed by atoms with Crippen molar-refractivity contribution in [2.24, 2.45) is 11.8 Å². The Balaban J connectivity index is 1.47. The molecule has 2 amide bonds. The zero-order valence-corrected chi connectivity index (χ0v) is 16.2. The van der Waals surface area contributed by atoms with Gasteiger partial charge in [-0.15, -0.1) is 0 Å². The quantitative estimate of drug-likeness (QED) is 0.762. The second-order valence-electron chi connectivity index (χ2n) is 6.90. The fourth-order valence-electron chi connectivity index (χ4n) is 3.51. The fraction of sp³-hybridized carbons (Fsp3) is 0.429. The standard InChI is InChI=1S/C21H26N2O5/c1-26-18-10-9-16(12-19(18)27-2)23-21(25)15-7-5-14(6-8-15)20(24)22-13-17-4-3-11-28-17/h3-4,9-12,14-15H,5-8,13H2,1-2H3,(H,22,24)(H,23,25). The Hall–Kier alpha value is -2.96. The van der Waals surface area contributed by atoms with Gasteiger partial charge in [0.2, 0.25) is 11.8 Å². The minimum Gasteiger partial charge on any atom is -0.493 e. The number of ether oxygens (including phenoxy) is 2. The molecule has 0 atom stereocenters. The summed E-state index contributed by atoms with van der Waals surface area (Å²) in [6, 6.07) is 8.91. The second-order valence-corrected chi connectivity index (χ2v) is 6.90. The molecule has 28 heavy (non-hydrogen) atoms. The van der Waals surface area contributed by atoms with Crippen LogP contribution in [-0.4, -0.2) is 26.0 Å². The molecule has 7 nitrogen and oxygen atoms in total. The summed E-state index contributed by atoms with van der Waals surface area (Å²) in [5.41, 5.74) is 0.668. The third kappa shape index (κ3) is 4.85. The molecule has 0 aliphatic heterocycles. The third-order valence-electron chi connectivity index (χ3n) is 5.14. The van der Waals surface area contributed by atoms with E-state index in [0.717, 1.165) is 5.76 Å². The van der Waals surface area contributed by atoms with Crippen LogP contribution in [0.4, 0.5) is 5.69 Å². The van der Waals surface area contributed by atoms with Crippen LogP contribution in [0.2, 0.25) is 0 Å². The molecule has 0 unspecified atom stereocenters. The molecule has 1 aliphatic rings. The van der Waals surface area contributed by atoms with E-state index in [4.69, 9.17) is 13.9 Å². The number of nitrogens with one attached hydrogen (secondary N) is 2. The second kappa shape index (κ2) is 9.30. The van der Waals surface area contributed by atoms with Crippen molar-refractivity contribution in [3.05, 3.63) is 42.4 Å². The smallest absolute Gasteiger partial charge is 0.227 e. The SMILES string of the molecule is COc1ccc(NC(=O)C2CCC(C(=O)NCc3ccco3)CC2)cc1OC. The van der Waals surface area contributed by atoms with Crippen LogP contribution in [0.1, 0.15) is 31.4 Å². The minimum atomic E-state index is -0.0952. The molecular weight excluding hydrogens is 360 g/mol. The molecule has 1 saturated carbocycles. The summed E-state index contributed by atoms with van der Waals surface area (Å²) in [5, 5.41) is 5.84.